The molecule has 0 aromatic heterocycles. The topological polar surface area (TPSA) is 140 Å². The summed E-state index contributed by atoms with van der Waals surface area (Å²) >= 11 is 1.96. The number of benzene rings is 3. The van der Waals surface area contributed by atoms with Gasteiger partial charge in [0, 0.05) is 22.6 Å². The molecule has 3 aromatic carbocycles. The van der Waals surface area contributed by atoms with Crippen LogP contribution in [0.5, 0.6) is 11.5 Å². The number of ether oxygens (including phenoxy) is 2. The lowest BCUT2D eigenvalue weighted by Gasteiger charge is -2.19. The van der Waals surface area contributed by atoms with Crippen LogP contribution in [0, 0.1) is 15.2 Å². The van der Waals surface area contributed by atoms with E-state index in [2.05, 4.69) is 9.44 Å². The first-order valence-corrected chi connectivity index (χ1v) is 17.2. The van der Waals surface area contributed by atoms with Gasteiger partial charge in [0.15, 0.2) is 5.75 Å². The van der Waals surface area contributed by atoms with Gasteiger partial charge in [-0.15, -0.1) is 0 Å². The van der Waals surface area contributed by atoms with E-state index in [1.807, 2.05) is 22.6 Å². The highest BCUT2D eigenvalue weighted by Crippen LogP contribution is 2.39. The highest BCUT2D eigenvalue weighted by atomic mass is 127. The Kier molecular flexibility index (Phi) is 9.88. The van der Waals surface area contributed by atoms with Crippen LogP contribution in [-0.4, -0.2) is 33.8 Å². The first-order chi connectivity index (χ1) is 20.0. The molecule has 0 radical (unpaired) electrons. The van der Waals surface area contributed by atoms with Crippen molar-refractivity contribution in [3.63, 3.8) is 0 Å². The van der Waals surface area contributed by atoms with Crippen LogP contribution in [0.15, 0.2) is 54.6 Å². The monoisotopic (exact) mass is 749 g/mol. The second kappa shape index (κ2) is 12.9. The SMILES string of the molecule is CC(C)(C)OC(=O)NS(=O)(=O)NCc1cccc(Oc2cc(F)cc(Cc3ccc(I)cc3F)c2NS(=O)(=O)C2CC2)c1. The van der Waals surface area contributed by atoms with Crippen molar-refractivity contribution in [1.29, 1.82) is 0 Å². The van der Waals surface area contributed by atoms with Crippen molar-refractivity contribution in [1.82, 2.24) is 9.44 Å². The minimum Gasteiger partial charge on any atom is -0.455 e. The number of carbonyl (C=O) groups excluding carboxylic acids is 1. The Hall–Kier alpha value is -3.02. The molecule has 232 valence electrons. The summed E-state index contributed by atoms with van der Waals surface area (Å²) in [5.41, 5.74) is -0.125. The maximum absolute atomic E-state index is 14.8. The maximum Gasteiger partial charge on any atom is 0.422 e. The maximum atomic E-state index is 14.8. The van der Waals surface area contributed by atoms with E-state index in [-0.39, 0.29) is 41.3 Å². The Labute approximate surface area is 262 Å². The summed E-state index contributed by atoms with van der Waals surface area (Å²) in [7, 11) is -8.10. The van der Waals surface area contributed by atoms with Crippen LogP contribution in [0.2, 0.25) is 0 Å². The zero-order chi connectivity index (χ0) is 31.6. The fraction of sp³-hybridized carbons (Fsp3) is 0.321. The summed E-state index contributed by atoms with van der Waals surface area (Å²) in [6.45, 7) is 4.50. The summed E-state index contributed by atoms with van der Waals surface area (Å²) < 4.78 is 98.0. The number of hydrogen-bond acceptors (Lipinski definition) is 7. The summed E-state index contributed by atoms with van der Waals surface area (Å²) in [4.78, 5) is 11.9. The number of amides is 1. The van der Waals surface area contributed by atoms with Gasteiger partial charge in [0.2, 0.25) is 10.0 Å². The van der Waals surface area contributed by atoms with Gasteiger partial charge in [-0.25, -0.2) is 26.7 Å². The van der Waals surface area contributed by atoms with Crippen molar-refractivity contribution in [3.8, 4) is 11.5 Å². The Balaban J connectivity index is 1.59. The van der Waals surface area contributed by atoms with Crippen LogP contribution in [0.4, 0.5) is 19.3 Å². The molecule has 0 atom stereocenters. The molecule has 10 nitrogen and oxygen atoms in total. The molecule has 1 amide bonds. The molecule has 43 heavy (non-hydrogen) atoms. The Bertz CT molecular complexity index is 1740. The largest absolute Gasteiger partial charge is 0.455 e. The van der Waals surface area contributed by atoms with Crippen LogP contribution in [0.1, 0.15) is 50.3 Å². The van der Waals surface area contributed by atoms with E-state index < -0.39 is 48.8 Å². The molecule has 1 aliphatic carbocycles. The zero-order valence-corrected chi connectivity index (χ0v) is 27.2. The summed E-state index contributed by atoms with van der Waals surface area (Å²) in [5, 5.41) is -0.598. The number of hydrogen-bond donors (Lipinski definition) is 3. The summed E-state index contributed by atoms with van der Waals surface area (Å²) in [6, 6.07) is 12.8. The summed E-state index contributed by atoms with van der Waals surface area (Å²) in [6.07, 6.45) is -0.306. The van der Waals surface area contributed by atoms with Gasteiger partial charge >= 0.3 is 16.3 Å². The normalized spacial score (nSPS) is 13.8. The van der Waals surface area contributed by atoms with Gasteiger partial charge in [0.25, 0.3) is 0 Å². The molecule has 3 N–H and O–H groups in total. The van der Waals surface area contributed by atoms with E-state index in [0.29, 0.717) is 22.0 Å². The standard InChI is InChI=1S/C28H30F2IN3O7S2/c1-28(2,3)41-27(35)34-43(38,39)32-16-17-5-4-6-22(11-17)40-25-14-20(29)13-19(12-18-7-8-21(31)15-24(18)30)26(25)33-42(36,37)23-9-10-23/h4-8,11,13-15,23,32-33H,9-10,12,16H2,1-3H3,(H,34,35). The average molecular weight is 750 g/mol. The molecule has 4 rings (SSSR count). The van der Waals surface area contributed by atoms with E-state index in [9.17, 15) is 30.4 Å². The molecule has 1 saturated carbocycles. The molecular formula is C28H30F2IN3O7S2. The number of halogens is 3. The molecule has 0 bridgehead atoms. The molecular weight excluding hydrogens is 719 g/mol. The second-order valence-electron chi connectivity index (χ2n) is 10.9. The predicted molar refractivity (Wildman–Crippen MR) is 166 cm³/mol. The Morgan fingerprint density at radius 2 is 1.72 bits per heavy atom. The third-order valence-corrected chi connectivity index (χ3v) is 9.43. The lowest BCUT2D eigenvalue weighted by Crippen LogP contribution is -2.42. The van der Waals surface area contributed by atoms with Crippen molar-refractivity contribution in [2.75, 3.05) is 4.72 Å². The second-order valence-corrected chi connectivity index (χ2v) is 15.6. The lowest BCUT2D eigenvalue weighted by molar-refractivity contribution is 0.0569. The molecule has 0 saturated heterocycles. The van der Waals surface area contributed by atoms with Gasteiger partial charge in [-0.2, -0.15) is 13.1 Å². The van der Waals surface area contributed by atoms with Crippen molar-refractivity contribution >= 4 is 54.6 Å². The van der Waals surface area contributed by atoms with E-state index >= 15 is 0 Å². The molecule has 1 aliphatic rings. The Morgan fingerprint density at radius 1 is 1.00 bits per heavy atom. The van der Waals surface area contributed by atoms with Crippen molar-refractivity contribution in [3.05, 3.63) is 86.5 Å². The van der Waals surface area contributed by atoms with Gasteiger partial charge < -0.3 is 9.47 Å². The molecule has 1 fully saturated rings. The third kappa shape index (κ3) is 9.74. The molecule has 0 heterocycles. The van der Waals surface area contributed by atoms with E-state index in [0.717, 1.165) is 12.1 Å². The molecule has 3 aromatic rings. The number of nitrogens with one attached hydrogen (secondary N) is 3. The van der Waals surface area contributed by atoms with Crippen LogP contribution in [0.3, 0.4) is 0 Å². The highest BCUT2D eigenvalue weighted by Gasteiger charge is 2.37. The molecule has 0 spiro atoms. The third-order valence-electron chi connectivity index (χ3n) is 5.96. The van der Waals surface area contributed by atoms with Gasteiger partial charge in [-0.1, -0.05) is 18.2 Å². The number of anilines is 1. The van der Waals surface area contributed by atoms with Gasteiger partial charge in [-0.05, 0) is 103 Å². The van der Waals surface area contributed by atoms with E-state index in [1.165, 1.54) is 18.2 Å². The smallest absolute Gasteiger partial charge is 0.422 e. The van der Waals surface area contributed by atoms with Gasteiger partial charge in [-0.3, -0.25) is 4.72 Å². The fourth-order valence-electron chi connectivity index (χ4n) is 3.91. The predicted octanol–water partition coefficient (Wildman–Crippen LogP) is 5.72. The number of sulfonamides is 1. The van der Waals surface area contributed by atoms with Crippen LogP contribution in [-0.2, 0) is 37.9 Å². The highest BCUT2D eigenvalue weighted by molar-refractivity contribution is 14.1. The van der Waals surface area contributed by atoms with E-state index in [1.54, 1.807) is 49.8 Å². The van der Waals surface area contributed by atoms with E-state index in [4.69, 9.17) is 9.47 Å². The number of rotatable bonds is 11. The van der Waals surface area contributed by atoms with Crippen LogP contribution < -0.4 is 18.9 Å². The fourth-order valence-corrected chi connectivity index (χ4v) is 6.50. The molecule has 0 aliphatic heterocycles. The Morgan fingerprint density at radius 3 is 2.37 bits per heavy atom. The van der Waals surface area contributed by atoms with Gasteiger partial charge in [0.1, 0.15) is 23.0 Å². The van der Waals surface area contributed by atoms with Crippen LogP contribution in [0.25, 0.3) is 0 Å². The zero-order valence-electron chi connectivity index (χ0n) is 23.4. The first-order valence-electron chi connectivity index (χ1n) is 13.0. The van der Waals surface area contributed by atoms with Crippen molar-refractivity contribution < 1.29 is 39.9 Å². The van der Waals surface area contributed by atoms with Gasteiger partial charge in [0.05, 0.1) is 10.9 Å². The molecule has 15 heteroatoms. The van der Waals surface area contributed by atoms with Crippen molar-refractivity contribution in [2.24, 2.45) is 0 Å². The average Bonchev–Trinajstić information content (AvgIpc) is 3.72. The minimum atomic E-state index is -4.27. The minimum absolute atomic E-state index is 0.0288. The number of carbonyl (C=O) groups is 1. The van der Waals surface area contributed by atoms with Crippen molar-refractivity contribution in [2.45, 2.75) is 57.4 Å². The van der Waals surface area contributed by atoms with Crippen LogP contribution >= 0.6 is 22.6 Å². The molecule has 0 unspecified atom stereocenters. The lowest BCUT2D eigenvalue weighted by atomic mass is 10.0. The summed E-state index contributed by atoms with van der Waals surface area (Å²) in [5.74, 6) is -1.27. The quantitative estimate of drug-likeness (QED) is 0.213. The first kappa shape index (κ1) is 32.9.